The number of imide groups is 1. The number of ether oxygens (including phenoxy) is 2. The van der Waals surface area contributed by atoms with Crippen molar-refractivity contribution in [1.29, 1.82) is 0 Å². The molecule has 2 amide bonds. The van der Waals surface area contributed by atoms with Crippen LogP contribution in [0.2, 0.25) is 0 Å². The molecule has 1 aliphatic rings. The largest absolute Gasteiger partial charge is 0.493 e. The zero-order valence-corrected chi connectivity index (χ0v) is 17.2. The summed E-state index contributed by atoms with van der Waals surface area (Å²) in [4.78, 5) is 47.9. The first-order valence-corrected chi connectivity index (χ1v) is 9.46. The maximum absolute atomic E-state index is 12.4. The first-order chi connectivity index (χ1) is 14.3. The van der Waals surface area contributed by atoms with Crippen LogP contribution in [0.1, 0.15) is 32.7 Å². The molecule has 0 saturated heterocycles. The van der Waals surface area contributed by atoms with Gasteiger partial charge in [0.1, 0.15) is 0 Å². The lowest BCUT2D eigenvalue weighted by Crippen LogP contribution is -2.32. The third-order valence-corrected chi connectivity index (χ3v) is 4.86. The summed E-state index contributed by atoms with van der Waals surface area (Å²) < 4.78 is 10.9. The van der Waals surface area contributed by atoms with E-state index in [2.05, 4.69) is 15.9 Å². The van der Waals surface area contributed by atoms with Crippen LogP contribution in [-0.2, 0) is 4.79 Å². The zero-order valence-electron chi connectivity index (χ0n) is 15.7. The molecule has 30 heavy (non-hydrogen) atoms. The summed E-state index contributed by atoms with van der Waals surface area (Å²) in [5.74, 6) is -1.32. The van der Waals surface area contributed by atoms with E-state index in [-0.39, 0.29) is 24.5 Å². The first kappa shape index (κ1) is 21.2. The summed E-state index contributed by atoms with van der Waals surface area (Å²) in [5.41, 5.74) is 1.07. The smallest absolute Gasteiger partial charge is 0.313 e. The molecule has 0 N–H and O–H groups in total. The van der Waals surface area contributed by atoms with Crippen LogP contribution in [0.15, 0.2) is 47.1 Å². The molecule has 1 aliphatic heterocycles. The van der Waals surface area contributed by atoms with Crippen molar-refractivity contribution in [2.75, 3.05) is 13.7 Å². The third-order valence-electron chi connectivity index (χ3n) is 4.27. The summed E-state index contributed by atoms with van der Waals surface area (Å²) in [5, 5.41) is 10.5. The molecule has 10 heteroatoms. The Kier molecular flexibility index (Phi) is 6.26. The fourth-order valence-electron chi connectivity index (χ4n) is 2.89. The Morgan fingerprint density at radius 2 is 1.83 bits per heavy atom. The lowest BCUT2D eigenvalue weighted by atomic mass is 10.1. The van der Waals surface area contributed by atoms with Crippen LogP contribution in [0.4, 0.5) is 0 Å². The van der Waals surface area contributed by atoms with E-state index in [1.54, 1.807) is 24.3 Å². The van der Waals surface area contributed by atoms with Crippen LogP contribution in [0.5, 0.6) is 11.5 Å². The average molecular weight is 475 g/mol. The van der Waals surface area contributed by atoms with Gasteiger partial charge in [0.05, 0.1) is 34.1 Å². The van der Waals surface area contributed by atoms with E-state index < -0.39 is 22.7 Å². The van der Waals surface area contributed by atoms with Gasteiger partial charge in [-0.05, 0) is 45.8 Å². The van der Waals surface area contributed by atoms with Crippen molar-refractivity contribution in [3.05, 3.63) is 73.9 Å². The van der Waals surface area contributed by atoms with Crippen molar-refractivity contribution in [2.45, 2.75) is 6.42 Å². The van der Waals surface area contributed by atoms with Crippen LogP contribution in [0, 0.1) is 10.1 Å². The molecule has 0 saturated carbocycles. The van der Waals surface area contributed by atoms with Gasteiger partial charge in [0, 0.05) is 12.6 Å². The van der Waals surface area contributed by atoms with Gasteiger partial charge in [-0.1, -0.05) is 12.1 Å². The summed E-state index contributed by atoms with van der Waals surface area (Å²) in [6, 6.07) is 9.44. The number of amides is 2. The minimum Gasteiger partial charge on any atom is -0.493 e. The molecule has 2 aromatic rings. The quantitative estimate of drug-likeness (QED) is 0.198. The van der Waals surface area contributed by atoms with Gasteiger partial charge < -0.3 is 9.47 Å². The number of carbonyl (C=O) groups excluding carboxylic acids is 3. The van der Waals surface area contributed by atoms with Crippen LogP contribution in [-0.4, -0.2) is 41.3 Å². The number of esters is 1. The Morgan fingerprint density at radius 1 is 1.20 bits per heavy atom. The summed E-state index contributed by atoms with van der Waals surface area (Å²) in [6.07, 6.45) is 1.82. The predicted molar refractivity (Wildman–Crippen MR) is 109 cm³/mol. The SMILES string of the molecule is COc1cc(C=C[N+](=O)[O-])cc(Br)c1OC(=O)CCN1C(=O)c2ccccc2C1=O. The number of benzene rings is 2. The Hall–Kier alpha value is -3.53. The molecule has 0 aromatic heterocycles. The fourth-order valence-corrected chi connectivity index (χ4v) is 3.43. The topological polar surface area (TPSA) is 116 Å². The molecule has 154 valence electrons. The van der Waals surface area contributed by atoms with Gasteiger partial charge in [-0.25, -0.2) is 0 Å². The molecule has 2 aromatic carbocycles. The first-order valence-electron chi connectivity index (χ1n) is 8.67. The molecule has 0 fully saturated rings. The number of hydrogen-bond acceptors (Lipinski definition) is 7. The van der Waals surface area contributed by atoms with Crippen molar-refractivity contribution in [3.8, 4) is 11.5 Å². The number of nitrogens with zero attached hydrogens (tertiary/aromatic N) is 2. The van der Waals surface area contributed by atoms with Gasteiger partial charge in [-0.15, -0.1) is 0 Å². The number of fused-ring (bicyclic) bond motifs is 1. The van der Waals surface area contributed by atoms with Crippen LogP contribution >= 0.6 is 15.9 Å². The van der Waals surface area contributed by atoms with Gasteiger partial charge >= 0.3 is 5.97 Å². The van der Waals surface area contributed by atoms with Gasteiger partial charge in [-0.2, -0.15) is 0 Å². The number of methoxy groups -OCH3 is 1. The second-order valence-corrected chi connectivity index (χ2v) is 7.02. The average Bonchev–Trinajstić information content (AvgIpc) is 2.96. The van der Waals surface area contributed by atoms with Gasteiger partial charge in [0.25, 0.3) is 11.8 Å². The Bertz CT molecular complexity index is 1050. The van der Waals surface area contributed by atoms with E-state index in [4.69, 9.17) is 9.47 Å². The van der Waals surface area contributed by atoms with Gasteiger partial charge in [0.2, 0.25) is 6.20 Å². The predicted octanol–water partition coefficient (Wildman–Crippen LogP) is 3.30. The molecular formula is C20H15BrN2O7. The Morgan fingerprint density at radius 3 is 2.40 bits per heavy atom. The lowest BCUT2D eigenvalue weighted by molar-refractivity contribution is -0.400. The highest BCUT2D eigenvalue weighted by molar-refractivity contribution is 9.10. The fraction of sp³-hybridized carbons (Fsp3) is 0.150. The van der Waals surface area contributed by atoms with E-state index in [1.807, 2.05) is 0 Å². The second-order valence-electron chi connectivity index (χ2n) is 6.17. The molecule has 0 atom stereocenters. The van der Waals surface area contributed by atoms with E-state index in [1.165, 1.54) is 25.3 Å². The van der Waals surface area contributed by atoms with Crippen LogP contribution in [0.25, 0.3) is 6.08 Å². The van der Waals surface area contributed by atoms with Crippen molar-refractivity contribution >= 4 is 39.8 Å². The zero-order chi connectivity index (χ0) is 21.8. The molecule has 0 spiro atoms. The van der Waals surface area contributed by atoms with E-state index >= 15 is 0 Å². The van der Waals surface area contributed by atoms with E-state index in [9.17, 15) is 24.5 Å². The van der Waals surface area contributed by atoms with Crippen LogP contribution < -0.4 is 9.47 Å². The second kappa shape index (κ2) is 8.87. The normalized spacial score (nSPS) is 12.9. The van der Waals surface area contributed by atoms with Gasteiger partial charge in [0.15, 0.2) is 11.5 Å². The van der Waals surface area contributed by atoms with E-state index in [0.29, 0.717) is 21.2 Å². The van der Waals surface area contributed by atoms with Crippen molar-refractivity contribution < 1.29 is 28.8 Å². The highest BCUT2D eigenvalue weighted by Gasteiger charge is 2.35. The summed E-state index contributed by atoms with van der Waals surface area (Å²) in [7, 11) is 1.36. The van der Waals surface area contributed by atoms with E-state index in [0.717, 1.165) is 11.1 Å². The van der Waals surface area contributed by atoms with Crippen LogP contribution in [0.3, 0.4) is 0 Å². The molecule has 1 heterocycles. The lowest BCUT2D eigenvalue weighted by Gasteiger charge is -2.15. The molecule has 0 radical (unpaired) electrons. The van der Waals surface area contributed by atoms with Crippen molar-refractivity contribution in [3.63, 3.8) is 0 Å². The monoisotopic (exact) mass is 474 g/mol. The van der Waals surface area contributed by atoms with Gasteiger partial charge in [-0.3, -0.25) is 29.4 Å². The number of nitro groups is 1. The third kappa shape index (κ3) is 4.38. The number of hydrogen-bond donors (Lipinski definition) is 0. The van der Waals surface area contributed by atoms with Crippen molar-refractivity contribution in [1.82, 2.24) is 4.90 Å². The molecule has 0 unspecified atom stereocenters. The Labute approximate surface area is 179 Å². The minimum atomic E-state index is -0.681. The maximum Gasteiger partial charge on any atom is 0.313 e. The highest BCUT2D eigenvalue weighted by atomic mass is 79.9. The van der Waals surface area contributed by atoms with Crippen molar-refractivity contribution in [2.24, 2.45) is 0 Å². The maximum atomic E-state index is 12.4. The Balaban J connectivity index is 1.69. The standard InChI is InChI=1S/C20H15BrN2O7/c1-29-16-11-12(6-9-23(27)28)10-15(21)18(16)30-17(24)7-8-22-19(25)13-4-2-3-5-14(13)20(22)26/h2-6,9-11H,7-8H2,1H3. The summed E-state index contributed by atoms with van der Waals surface area (Å²) >= 11 is 3.25. The summed E-state index contributed by atoms with van der Waals surface area (Å²) in [6.45, 7) is -0.130. The molecule has 9 nitrogen and oxygen atoms in total. The molecular weight excluding hydrogens is 460 g/mol. The minimum absolute atomic E-state index is 0.0862. The molecule has 0 bridgehead atoms. The highest BCUT2D eigenvalue weighted by Crippen LogP contribution is 2.37. The molecule has 3 rings (SSSR count). The molecule has 0 aliphatic carbocycles. The number of carbonyl (C=O) groups is 3. The number of rotatable bonds is 7. The number of halogens is 1.